The molecule has 1 saturated carbocycles. The van der Waals surface area contributed by atoms with Gasteiger partial charge < -0.3 is 4.90 Å². The van der Waals surface area contributed by atoms with Gasteiger partial charge in [0.25, 0.3) is 0 Å². The van der Waals surface area contributed by atoms with Crippen molar-refractivity contribution in [1.82, 2.24) is 4.90 Å². The lowest BCUT2D eigenvalue weighted by Crippen LogP contribution is -2.28. The first-order valence-corrected chi connectivity index (χ1v) is 5.51. The van der Waals surface area contributed by atoms with E-state index in [1.54, 1.807) is 13.1 Å². The number of benzene rings is 1. The van der Waals surface area contributed by atoms with Gasteiger partial charge in [-0.15, -0.1) is 0 Å². The van der Waals surface area contributed by atoms with E-state index in [2.05, 4.69) is 0 Å². The Balaban J connectivity index is 2.01. The summed E-state index contributed by atoms with van der Waals surface area (Å²) in [6.45, 7) is 0.102. The van der Waals surface area contributed by atoms with E-state index in [4.69, 9.17) is 5.26 Å². The van der Waals surface area contributed by atoms with Crippen molar-refractivity contribution in [2.24, 2.45) is 5.92 Å². The van der Waals surface area contributed by atoms with Crippen LogP contribution in [-0.4, -0.2) is 24.4 Å². The predicted molar refractivity (Wildman–Crippen MR) is 60.5 cm³/mol. The number of rotatable bonds is 3. The maximum atomic E-state index is 13.0. The number of amides is 1. The third kappa shape index (κ3) is 2.44. The van der Waals surface area contributed by atoms with Crippen LogP contribution >= 0.6 is 0 Å². The van der Waals surface area contributed by atoms with Crippen molar-refractivity contribution in [3.05, 3.63) is 35.6 Å². The van der Waals surface area contributed by atoms with E-state index in [9.17, 15) is 9.18 Å². The van der Waals surface area contributed by atoms with Crippen LogP contribution < -0.4 is 0 Å². The second-order valence-corrected chi connectivity index (χ2v) is 4.36. The zero-order chi connectivity index (χ0) is 12.4. The molecule has 17 heavy (non-hydrogen) atoms. The molecule has 1 aliphatic rings. The summed E-state index contributed by atoms with van der Waals surface area (Å²) in [4.78, 5) is 13.3. The van der Waals surface area contributed by atoms with Crippen molar-refractivity contribution in [1.29, 1.82) is 5.26 Å². The minimum atomic E-state index is -0.272. The maximum absolute atomic E-state index is 13.0. The Morgan fingerprint density at radius 3 is 3.06 bits per heavy atom. The van der Waals surface area contributed by atoms with Crippen molar-refractivity contribution >= 4 is 5.91 Å². The second-order valence-electron chi connectivity index (χ2n) is 4.36. The van der Waals surface area contributed by atoms with Crippen LogP contribution in [0.15, 0.2) is 24.3 Å². The predicted octanol–water partition coefficient (Wildman–Crippen LogP) is 1.91. The van der Waals surface area contributed by atoms with Crippen LogP contribution in [0.4, 0.5) is 4.39 Å². The molecule has 4 heteroatoms. The Morgan fingerprint density at radius 1 is 1.65 bits per heavy atom. The molecule has 1 aromatic carbocycles. The van der Waals surface area contributed by atoms with Crippen molar-refractivity contribution in [2.75, 3.05) is 13.6 Å². The van der Waals surface area contributed by atoms with Crippen molar-refractivity contribution < 1.29 is 9.18 Å². The Kier molecular flexibility index (Phi) is 3.10. The van der Waals surface area contributed by atoms with Crippen molar-refractivity contribution in [3.63, 3.8) is 0 Å². The van der Waals surface area contributed by atoms with Crippen molar-refractivity contribution in [3.8, 4) is 6.07 Å². The summed E-state index contributed by atoms with van der Waals surface area (Å²) in [5.41, 5.74) is 0.869. The van der Waals surface area contributed by atoms with Gasteiger partial charge in [0.1, 0.15) is 12.4 Å². The van der Waals surface area contributed by atoms with Crippen LogP contribution in [0.25, 0.3) is 0 Å². The quantitative estimate of drug-likeness (QED) is 0.747. The van der Waals surface area contributed by atoms with Crippen LogP contribution in [0.3, 0.4) is 0 Å². The van der Waals surface area contributed by atoms with Gasteiger partial charge in [0.15, 0.2) is 0 Å². The molecule has 1 amide bonds. The zero-order valence-corrected chi connectivity index (χ0v) is 9.56. The van der Waals surface area contributed by atoms with Gasteiger partial charge in [-0.05, 0) is 30.0 Å². The van der Waals surface area contributed by atoms with Crippen LogP contribution in [0.1, 0.15) is 17.9 Å². The number of hydrogen-bond donors (Lipinski definition) is 0. The van der Waals surface area contributed by atoms with Crippen LogP contribution in [0.5, 0.6) is 0 Å². The lowest BCUT2D eigenvalue weighted by Gasteiger charge is -2.12. The van der Waals surface area contributed by atoms with Crippen LogP contribution in [0, 0.1) is 23.1 Å². The summed E-state index contributed by atoms with van der Waals surface area (Å²) in [6.07, 6.45) is 0.748. The molecule has 0 aliphatic heterocycles. The van der Waals surface area contributed by atoms with Gasteiger partial charge in [-0.25, -0.2) is 4.39 Å². The molecule has 0 bridgehead atoms. The molecule has 0 spiro atoms. The smallest absolute Gasteiger partial charge is 0.226 e. The average Bonchev–Trinajstić information content (AvgIpc) is 3.08. The third-order valence-electron chi connectivity index (χ3n) is 3.07. The summed E-state index contributed by atoms with van der Waals surface area (Å²) >= 11 is 0. The molecule has 0 N–H and O–H groups in total. The number of halogens is 1. The Labute approximate surface area is 99.5 Å². The number of carbonyl (C=O) groups is 1. The highest BCUT2D eigenvalue weighted by molar-refractivity contribution is 5.83. The molecule has 2 atom stereocenters. The van der Waals surface area contributed by atoms with E-state index < -0.39 is 0 Å². The molecule has 1 aromatic rings. The highest BCUT2D eigenvalue weighted by atomic mass is 19.1. The minimum Gasteiger partial charge on any atom is -0.332 e. The molecule has 3 nitrogen and oxygen atoms in total. The fourth-order valence-corrected chi connectivity index (χ4v) is 2.04. The normalized spacial score (nSPS) is 21.7. The molecular formula is C13H13FN2O. The van der Waals surface area contributed by atoms with Crippen LogP contribution in [0.2, 0.25) is 0 Å². The van der Waals surface area contributed by atoms with Gasteiger partial charge in [-0.1, -0.05) is 12.1 Å². The number of nitrogens with zero attached hydrogens (tertiary/aromatic N) is 2. The van der Waals surface area contributed by atoms with E-state index in [0.717, 1.165) is 12.0 Å². The first-order chi connectivity index (χ1) is 8.13. The summed E-state index contributed by atoms with van der Waals surface area (Å²) < 4.78 is 13.0. The lowest BCUT2D eigenvalue weighted by molar-refractivity contribution is -0.130. The topological polar surface area (TPSA) is 44.1 Å². The monoisotopic (exact) mass is 232 g/mol. The summed E-state index contributed by atoms with van der Waals surface area (Å²) in [5.74, 6) is -0.277. The number of nitriles is 1. The summed E-state index contributed by atoms with van der Waals surface area (Å²) in [6, 6.07) is 8.30. The molecule has 2 rings (SSSR count). The van der Waals surface area contributed by atoms with Gasteiger partial charge >= 0.3 is 0 Å². The molecule has 0 aromatic heterocycles. The summed E-state index contributed by atoms with van der Waals surface area (Å²) in [7, 11) is 1.62. The fourth-order valence-electron chi connectivity index (χ4n) is 2.04. The van der Waals surface area contributed by atoms with Gasteiger partial charge in [-0.2, -0.15) is 5.26 Å². The standard InChI is InChI=1S/C13H13FN2O/c1-16(6-5-15)13(17)12-8-11(12)9-3-2-4-10(14)7-9/h2-4,7,11-12H,6,8H2,1H3/t11-,12-/m0/s1. The highest BCUT2D eigenvalue weighted by Crippen LogP contribution is 2.48. The van der Waals surface area contributed by atoms with E-state index >= 15 is 0 Å². The fraction of sp³-hybridized carbons (Fsp3) is 0.385. The van der Waals surface area contributed by atoms with E-state index in [-0.39, 0.29) is 30.1 Å². The van der Waals surface area contributed by atoms with E-state index in [1.807, 2.05) is 12.1 Å². The van der Waals surface area contributed by atoms with Gasteiger partial charge in [-0.3, -0.25) is 4.79 Å². The second kappa shape index (κ2) is 4.54. The first-order valence-electron chi connectivity index (χ1n) is 5.51. The highest BCUT2D eigenvalue weighted by Gasteiger charge is 2.45. The Bertz CT molecular complexity index is 481. The summed E-state index contributed by atoms with van der Waals surface area (Å²) in [5, 5.41) is 8.51. The van der Waals surface area contributed by atoms with Crippen molar-refractivity contribution in [2.45, 2.75) is 12.3 Å². The molecule has 0 saturated heterocycles. The molecule has 0 heterocycles. The molecule has 0 radical (unpaired) electrons. The Morgan fingerprint density at radius 2 is 2.41 bits per heavy atom. The largest absolute Gasteiger partial charge is 0.332 e. The van der Waals surface area contributed by atoms with Gasteiger partial charge in [0.2, 0.25) is 5.91 Å². The number of carbonyl (C=O) groups excluding carboxylic acids is 1. The van der Waals surface area contributed by atoms with E-state index in [1.165, 1.54) is 17.0 Å². The molecule has 0 unspecified atom stereocenters. The molecule has 1 fully saturated rings. The van der Waals surface area contributed by atoms with Gasteiger partial charge in [0, 0.05) is 13.0 Å². The van der Waals surface area contributed by atoms with Crippen LogP contribution in [-0.2, 0) is 4.79 Å². The van der Waals surface area contributed by atoms with Gasteiger partial charge in [0.05, 0.1) is 6.07 Å². The third-order valence-corrected chi connectivity index (χ3v) is 3.07. The molecule has 88 valence electrons. The molecular weight excluding hydrogens is 219 g/mol. The average molecular weight is 232 g/mol. The first kappa shape index (κ1) is 11.6. The van der Waals surface area contributed by atoms with E-state index in [0.29, 0.717) is 0 Å². The SMILES string of the molecule is CN(CC#N)C(=O)[C@H]1C[C@H]1c1cccc(F)c1. The maximum Gasteiger partial charge on any atom is 0.226 e. The number of hydrogen-bond acceptors (Lipinski definition) is 2. The minimum absolute atomic E-state index is 0.0270. The molecule has 1 aliphatic carbocycles. The zero-order valence-electron chi connectivity index (χ0n) is 9.56. The Hall–Kier alpha value is -1.89. The lowest BCUT2D eigenvalue weighted by atomic mass is 10.1.